The topological polar surface area (TPSA) is 70.5 Å². The van der Waals surface area contributed by atoms with Crippen molar-refractivity contribution < 1.29 is 18.0 Å². The molecule has 1 saturated heterocycles. The van der Waals surface area contributed by atoms with Gasteiger partial charge in [0, 0.05) is 49.3 Å². The number of anilines is 2. The normalized spacial score (nSPS) is 14.7. The minimum absolute atomic E-state index is 0.0973. The van der Waals surface area contributed by atoms with Gasteiger partial charge in [0.05, 0.1) is 11.3 Å². The van der Waals surface area contributed by atoms with E-state index in [4.69, 9.17) is 0 Å². The number of likely N-dealkylation sites (N-methyl/N-ethyl adjacent to an activating group) is 1. The summed E-state index contributed by atoms with van der Waals surface area (Å²) in [4.78, 5) is 30.2. The quantitative estimate of drug-likeness (QED) is 0.568. The zero-order valence-corrected chi connectivity index (χ0v) is 20.4. The fourth-order valence-electron chi connectivity index (χ4n) is 4.27. The van der Waals surface area contributed by atoms with Gasteiger partial charge >= 0.3 is 6.18 Å². The SMILES string of the molecule is CCN1CCN(c2ccc(NC(=O)c3nn(-c4cccc(C(F)(F)F)c4)c(C)cc3=O)c(C)c2)CC1. The highest BCUT2D eigenvalue weighted by molar-refractivity contribution is 6.03. The predicted molar refractivity (Wildman–Crippen MR) is 133 cm³/mol. The molecule has 10 heteroatoms. The highest BCUT2D eigenvalue weighted by Gasteiger charge is 2.30. The average molecular weight is 500 g/mol. The number of benzene rings is 2. The Kier molecular flexibility index (Phi) is 7.16. The Hall–Kier alpha value is -3.66. The van der Waals surface area contributed by atoms with E-state index in [1.54, 1.807) is 13.0 Å². The van der Waals surface area contributed by atoms with Crippen LogP contribution >= 0.6 is 0 Å². The van der Waals surface area contributed by atoms with Crippen LogP contribution in [0.4, 0.5) is 24.5 Å². The van der Waals surface area contributed by atoms with Crippen molar-refractivity contribution in [2.24, 2.45) is 0 Å². The summed E-state index contributed by atoms with van der Waals surface area (Å²) >= 11 is 0. The number of nitrogens with zero attached hydrogens (tertiary/aromatic N) is 4. The van der Waals surface area contributed by atoms with E-state index in [0.717, 1.165) is 60.8 Å². The van der Waals surface area contributed by atoms with Gasteiger partial charge in [0.1, 0.15) is 0 Å². The first kappa shape index (κ1) is 25.4. The average Bonchev–Trinajstić information content (AvgIpc) is 2.85. The molecule has 1 aliphatic heterocycles. The van der Waals surface area contributed by atoms with E-state index in [9.17, 15) is 22.8 Å². The Bertz CT molecular complexity index is 1330. The molecule has 1 aromatic heterocycles. The Morgan fingerprint density at radius 1 is 1.00 bits per heavy atom. The van der Waals surface area contributed by atoms with Crippen LogP contribution in [0.15, 0.2) is 53.3 Å². The highest BCUT2D eigenvalue weighted by atomic mass is 19.4. The Balaban J connectivity index is 1.57. The van der Waals surface area contributed by atoms with Gasteiger partial charge in [-0.1, -0.05) is 13.0 Å². The summed E-state index contributed by atoms with van der Waals surface area (Å²) in [6.45, 7) is 10.4. The first-order chi connectivity index (χ1) is 17.1. The molecule has 7 nitrogen and oxygen atoms in total. The van der Waals surface area contributed by atoms with Gasteiger partial charge < -0.3 is 15.1 Å². The molecule has 1 amide bonds. The van der Waals surface area contributed by atoms with Crippen LogP contribution in [0.1, 0.15) is 34.2 Å². The molecule has 0 bridgehead atoms. The van der Waals surface area contributed by atoms with Crippen molar-refractivity contribution in [1.82, 2.24) is 14.7 Å². The lowest BCUT2D eigenvalue weighted by atomic mass is 10.1. The minimum Gasteiger partial charge on any atom is -0.369 e. The lowest BCUT2D eigenvalue weighted by Crippen LogP contribution is -2.46. The summed E-state index contributed by atoms with van der Waals surface area (Å²) in [7, 11) is 0. The van der Waals surface area contributed by atoms with Gasteiger partial charge in [0.2, 0.25) is 5.43 Å². The van der Waals surface area contributed by atoms with Crippen LogP contribution < -0.4 is 15.6 Å². The van der Waals surface area contributed by atoms with Crippen LogP contribution in [0.25, 0.3) is 5.69 Å². The molecule has 0 radical (unpaired) electrons. The van der Waals surface area contributed by atoms with Gasteiger partial charge in [-0.05, 0) is 62.4 Å². The molecule has 36 heavy (non-hydrogen) atoms. The molecule has 1 aliphatic rings. The molecule has 0 spiro atoms. The molecule has 3 aromatic rings. The number of carbonyl (C=O) groups is 1. The second-order valence-corrected chi connectivity index (χ2v) is 8.83. The standard InChI is InChI=1S/C26H28F3N5O2/c1-4-32-10-12-33(13-11-32)20-8-9-22(17(2)14-20)30-25(36)24-23(35)15-18(3)34(31-24)21-7-5-6-19(16-21)26(27,28)29/h5-9,14-16H,4,10-13H2,1-3H3,(H,30,36). The zero-order chi connectivity index (χ0) is 26.0. The Morgan fingerprint density at radius 3 is 2.36 bits per heavy atom. The van der Waals surface area contributed by atoms with Gasteiger partial charge in [-0.15, -0.1) is 0 Å². The van der Waals surface area contributed by atoms with Crippen molar-refractivity contribution in [3.8, 4) is 5.69 Å². The fourth-order valence-corrected chi connectivity index (χ4v) is 4.27. The molecule has 1 N–H and O–H groups in total. The van der Waals surface area contributed by atoms with Crippen molar-refractivity contribution in [3.05, 3.63) is 81.3 Å². The van der Waals surface area contributed by atoms with E-state index in [1.165, 1.54) is 18.2 Å². The third-order valence-electron chi connectivity index (χ3n) is 6.38. The van der Waals surface area contributed by atoms with Crippen molar-refractivity contribution >= 4 is 17.3 Å². The lowest BCUT2D eigenvalue weighted by molar-refractivity contribution is -0.137. The Morgan fingerprint density at radius 2 is 1.72 bits per heavy atom. The Labute approximate surface area is 207 Å². The summed E-state index contributed by atoms with van der Waals surface area (Å²) in [5.74, 6) is -0.729. The zero-order valence-electron chi connectivity index (χ0n) is 20.4. The maximum Gasteiger partial charge on any atom is 0.416 e. The van der Waals surface area contributed by atoms with E-state index in [2.05, 4.69) is 27.1 Å². The maximum atomic E-state index is 13.2. The van der Waals surface area contributed by atoms with Crippen LogP contribution in [-0.4, -0.2) is 53.3 Å². The number of hydrogen-bond acceptors (Lipinski definition) is 5. The van der Waals surface area contributed by atoms with Crippen LogP contribution in [0.2, 0.25) is 0 Å². The van der Waals surface area contributed by atoms with Gasteiger partial charge in [-0.2, -0.15) is 18.3 Å². The number of amides is 1. The monoisotopic (exact) mass is 499 g/mol. The highest BCUT2D eigenvalue weighted by Crippen LogP contribution is 2.30. The smallest absolute Gasteiger partial charge is 0.369 e. The molecular weight excluding hydrogens is 471 g/mol. The number of aromatic nitrogens is 2. The number of rotatable bonds is 5. The number of hydrogen-bond donors (Lipinski definition) is 1. The fraction of sp³-hybridized carbons (Fsp3) is 0.346. The number of aryl methyl sites for hydroxylation is 2. The minimum atomic E-state index is -4.53. The first-order valence-electron chi connectivity index (χ1n) is 11.7. The molecule has 4 rings (SSSR count). The van der Waals surface area contributed by atoms with Crippen LogP contribution in [0, 0.1) is 13.8 Å². The number of carbonyl (C=O) groups excluding carboxylic acids is 1. The third kappa shape index (κ3) is 5.43. The molecule has 190 valence electrons. The summed E-state index contributed by atoms with van der Waals surface area (Å²) in [5, 5.41) is 6.83. The van der Waals surface area contributed by atoms with Crippen LogP contribution in [-0.2, 0) is 6.18 Å². The van der Waals surface area contributed by atoms with Crippen molar-refractivity contribution in [3.63, 3.8) is 0 Å². The van der Waals surface area contributed by atoms with Crippen molar-refractivity contribution in [1.29, 1.82) is 0 Å². The van der Waals surface area contributed by atoms with Gasteiger partial charge in [0.25, 0.3) is 5.91 Å². The predicted octanol–water partition coefficient (Wildman–Crippen LogP) is 4.26. The van der Waals surface area contributed by atoms with E-state index < -0.39 is 28.8 Å². The summed E-state index contributed by atoms with van der Waals surface area (Å²) in [6, 6.07) is 11.5. The van der Waals surface area contributed by atoms with E-state index in [0.29, 0.717) is 11.4 Å². The van der Waals surface area contributed by atoms with E-state index in [-0.39, 0.29) is 5.69 Å². The second kappa shape index (κ2) is 10.1. The lowest BCUT2D eigenvalue weighted by Gasteiger charge is -2.35. The number of piperazine rings is 1. The number of halogens is 3. The first-order valence-corrected chi connectivity index (χ1v) is 11.7. The third-order valence-corrected chi connectivity index (χ3v) is 6.38. The molecule has 1 fully saturated rings. The van der Waals surface area contributed by atoms with Gasteiger partial charge in [0.15, 0.2) is 5.69 Å². The molecule has 0 aliphatic carbocycles. The van der Waals surface area contributed by atoms with E-state index >= 15 is 0 Å². The van der Waals surface area contributed by atoms with Crippen molar-refractivity contribution in [2.75, 3.05) is 42.9 Å². The molecular formula is C26H28F3N5O2. The van der Waals surface area contributed by atoms with Crippen LogP contribution in [0.5, 0.6) is 0 Å². The largest absolute Gasteiger partial charge is 0.416 e. The number of nitrogens with one attached hydrogen (secondary N) is 1. The molecule has 2 aromatic carbocycles. The second-order valence-electron chi connectivity index (χ2n) is 8.83. The van der Waals surface area contributed by atoms with Crippen LogP contribution in [0.3, 0.4) is 0 Å². The van der Waals surface area contributed by atoms with Gasteiger partial charge in [-0.25, -0.2) is 4.68 Å². The summed E-state index contributed by atoms with van der Waals surface area (Å²) in [6.07, 6.45) is -4.53. The van der Waals surface area contributed by atoms with Gasteiger partial charge in [-0.3, -0.25) is 9.59 Å². The molecule has 2 heterocycles. The maximum absolute atomic E-state index is 13.2. The number of alkyl halides is 3. The van der Waals surface area contributed by atoms with E-state index in [1.807, 2.05) is 19.1 Å². The summed E-state index contributed by atoms with van der Waals surface area (Å²) < 4.78 is 40.7. The molecule has 0 atom stereocenters. The summed E-state index contributed by atoms with van der Waals surface area (Å²) in [5.41, 5.74) is 0.944. The molecule has 0 saturated carbocycles. The van der Waals surface area contributed by atoms with Crippen molar-refractivity contribution in [2.45, 2.75) is 26.9 Å². The molecule has 0 unspecified atom stereocenters.